The van der Waals surface area contributed by atoms with Gasteiger partial charge in [-0.05, 0) is 44.2 Å². The second-order valence-electron chi connectivity index (χ2n) is 10.5. The Hall–Kier alpha value is -2.33. The lowest BCUT2D eigenvalue weighted by Crippen LogP contribution is -2.44. The van der Waals surface area contributed by atoms with Crippen molar-refractivity contribution in [3.8, 4) is 0 Å². The lowest BCUT2D eigenvalue weighted by molar-refractivity contribution is -0.122. The average molecular weight is 567 g/mol. The van der Waals surface area contributed by atoms with E-state index in [9.17, 15) is 4.79 Å². The zero-order chi connectivity index (χ0) is 26.3. The third-order valence-corrected chi connectivity index (χ3v) is 8.23. The van der Waals surface area contributed by atoms with Crippen LogP contribution in [-0.4, -0.2) is 44.7 Å². The van der Waals surface area contributed by atoms with Crippen molar-refractivity contribution < 1.29 is 9.53 Å². The second-order valence-corrected chi connectivity index (χ2v) is 11.8. The van der Waals surface area contributed by atoms with Crippen LogP contribution in [0, 0.1) is 11.3 Å². The number of halogens is 3. The first-order valence-corrected chi connectivity index (χ1v) is 13.6. The Kier molecular flexibility index (Phi) is 7.42. The number of hydrogen-bond donors (Lipinski definition) is 3. The van der Waals surface area contributed by atoms with Crippen molar-refractivity contribution in [2.75, 3.05) is 23.8 Å². The van der Waals surface area contributed by atoms with Gasteiger partial charge in [-0.3, -0.25) is 9.36 Å². The van der Waals surface area contributed by atoms with Gasteiger partial charge in [-0.25, -0.2) is 9.97 Å². The minimum Gasteiger partial charge on any atom is -0.381 e. The lowest BCUT2D eigenvalue weighted by Gasteiger charge is -2.38. The van der Waals surface area contributed by atoms with E-state index in [2.05, 4.69) is 34.0 Å². The van der Waals surface area contributed by atoms with Crippen LogP contribution in [0.4, 0.5) is 17.6 Å². The molecule has 9 nitrogen and oxygen atoms in total. The van der Waals surface area contributed by atoms with Crippen LogP contribution in [0.2, 0.25) is 15.1 Å². The molecule has 5 rings (SSSR count). The number of aromatic nitrogens is 4. The SMILES string of the molecule is CC1(C)COCC[C@H]1Nc1ncc2nc(Nc3c(Cl)cc(Cl)cc3Cl)n([C@H]3CC[C@H](C(N)=O)CC3)c2n1. The monoisotopic (exact) mass is 565 g/mol. The van der Waals surface area contributed by atoms with Gasteiger partial charge in [0, 0.05) is 35.0 Å². The molecule has 0 bridgehead atoms. The van der Waals surface area contributed by atoms with Gasteiger partial charge >= 0.3 is 0 Å². The molecule has 12 heteroatoms. The molecule has 0 spiro atoms. The third-order valence-electron chi connectivity index (χ3n) is 7.41. The normalized spacial score (nSPS) is 23.6. The fraction of sp³-hybridized carbons (Fsp3) is 0.520. The van der Waals surface area contributed by atoms with Crippen LogP contribution in [0.5, 0.6) is 0 Å². The molecule has 1 saturated carbocycles. The molecule has 2 fully saturated rings. The lowest BCUT2D eigenvalue weighted by atomic mass is 9.82. The Morgan fingerprint density at radius 3 is 2.46 bits per heavy atom. The fourth-order valence-corrected chi connectivity index (χ4v) is 6.15. The molecule has 2 aromatic heterocycles. The summed E-state index contributed by atoms with van der Waals surface area (Å²) >= 11 is 19.0. The molecule has 1 aromatic carbocycles. The Labute approximate surface area is 230 Å². The summed E-state index contributed by atoms with van der Waals surface area (Å²) < 4.78 is 7.73. The van der Waals surface area contributed by atoms with Crippen molar-refractivity contribution in [2.24, 2.45) is 17.1 Å². The molecule has 1 aliphatic heterocycles. The summed E-state index contributed by atoms with van der Waals surface area (Å²) in [4.78, 5) is 26.0. The maximum Gasteiger partial charge on any atom is 0.225 e. The minimum atomic E-state index is -0.250. The Morgan fingerprint density at radius 2 is 1.81 bits per heavy atom. The summed E-state index contributed by atoms with van der Waals surface area (Å²) in [6, 6.07) is 3.47. The van der Waals surface area contributed by atoms with Crippen molar-refractivity contribution in [3.63, 3.8) is 0 Å². The van der Waals surface area contributed by atoms with Gasteiger partial charge in [0.05, 0.1) is 28.5 Å². The number of carbonyl (C=O) groups excluding carboxylic acids is 1. The summed E-state index contributed by atoms with van der Waals surface area (Å²) in [5.41, 5.74) is 7.36. The van der Waals surface area contributed by atoms with Crippen molar-refractivity contribution in [2.45, 2.75) is 58.0 Å². The maximum atomic E-state index is 11.8. The highest BCUT2D eigenvalue weighted by molar-refractivity contribution is 6.41. The topological polar surface area (TPSA) is 120 Å². The standard InChI is InChI=1S/C25H30Cl3N7O2/c1-25(2)12-37-8-7-19(25)32-23-30-11-18-22(34-23)35(15-5-3-13(4-6-15)21(29)36)24(31-18)33-20-16(27)9-14(26)10-17(20)28/h9-11,13,15,19H,3-8,12H2,1-2H3,(H2,29,36)(H,31,33)(H,30,32,34)/t13-,15-,19-/m1/s1. The van der Waals surface area contributed by atoms with E-state index < -0.39 is 0 Å². The molecule has 198 valence electrons. The van der Waals surface area contributed by atoms with Crippen LogP contribution < -0.4 is 16.4 Å². The van der Waals surface area contributed by atoms with E-state index in [1.54, 1.807) is 18.3 Å². The fourth-order valence-electron chi connectivity index (χ4n) is 5.24. The molecule has 0 radical (unpaired) electrons. The van der Waals surface area contributed by atoms with Crippen molar-refractivity contribution in [1.29, 1.82) is 0 Å². The van der Waals surface area contributed by atoms with Crippen molar-refractivity contribution in [3.05, 3.63) is 33.4 Å². The summed E-state index contributed by atoms with van der Waals surface area (Å²) in [6.07, 6.45) is 5.51. The molecule has 1 amide bonds. The number of ether oxygens (including phenoxy) is 1. The number of fused-ring (bicyclic) bond motifs is 1. The number of imidazole rings is 1. The van der Waals surface area contributed by atoms with E-state index in [4.69, 9.17) is 55.2 Å². The quantitative estimate of drug-likeness (QED) is 0.336. The van der Waals surface area contributed by atoms with Gasteiger partial charge in [0.1, 0.15) is 5.52 Å². The first kappa shape index (κ1) is 26.3. The Morgan fingerprint density at radius 1 is 1.11 bits per heavy atom. The van der Waals surface area contributed by atoms with Gasteiger partial charge < -0.3 is 21.1 Å². The number of nitrogens with two attached hydrogens (primary N) is 1. The Balaban J connectivity index is 1.53. The number of benzene rings is 1. The predicted octanol–water partition coefficient (Wildman–Crippen LogP) is 5.97. The number of primary amides is 1. The highest BCUT2D eigenvalue weighted by Crippen LogP contribution is 2.40. The molecule has 3 heterocycles. The van der Waals surface area contributed by atoms with Gasteiger partial charge in [0.2, 0.25) is 17.8 Å². The molecular formula is C25H30Cl3N7O2. The summed E-state index contributed by atoms with van der Waals surface area (Å²) in [6.45, 7) is 5.71. The molecule has 1 atom stereocenters. The van der Waals surface area contributed by atoms with Crippen molar-refractivity contribution >= 4 is 69.5 Å². The van der Waals surface area contributed by atoms with Gasteiger partial charge in [-0.15, -0.1) is 0 Å². The molecule has 4 N–H and O–H groups in total. The Bertz CT molecular complexity index is 1300. The number of amides is 1. The van der Waals surface area contributed by atoms with E-state index in [0.717, 1.165) is 19.3 Å². The predicted molar refractivity (Wildman–Crippen MR) is 147 cm³/mol. The smallest absolute Gasteiger partial charge is 0.225 e. The minimum absolute atomic E-state index is 0.0511. The number of hydrogen-bond acceptors (Lipinski definition) is 7. The van der Waals surface area contributed by atoms with Gasteiger partial charge in [-0.1, -0.05) is 48.7 Å². The molecule has 1 saturated heterocycles. The van der Waals surface area contributed by atoms with Gasteiger partial charge in [-0.2, -0.15) is 4.98 Å². The summed E-state index contributed by atoms with van der Waals surface area (Å²) in [5.74, 6) is 0.708. The summed E-state index contributed by atoms with van der Waals surface area (Å²) in [7, 11) is 0. The first-order chi connectivity index (χ1) is 17.6. The van der Waals surface area contributed by atoms with Crippen LogP contribution in [-0.2, 0) is 9.53 Å². The van der Waals surface area contributed by atoms with Crippen LogP contribution in [0.15, 0.2) is 18.3 Å². The average Bonchev–Trinajstić information content (AvgIpc) is 3.20. The molecular weight excluding hydrogens is 537 g/mol. The second kappa shape index (κ2) is 10.4. The van der Waals surface area contributed by atoms with Crippen LogP contribution in [0.25, 0.3) is 11.2 Å². The van der Waals surface area contributed by atoms with Crippen LogP contribution in [0.3, 0.4) is 0 Å². The van der Waals surface area contributed by atoms with Crippen LogP contribution in [0.1, 0.15) is 52.0 Å². The number of rotatable bonds is 6. The molecule has 37 heavy (non-hydrogen) atoms. The highest BCUT2D eigenvalue weighted by Gasteiger charge is 2.34. The zero-order valence-corrected chi connectivity index (χ0v) is 23.0. The van der Waals surface area contributed by atoms with E-state index in [1.807, 2.05) is 0 Å². The summed E-state index contributed by atoms with van der Waals surface area (Å²) in [5, 5.41) is 8.02. The number of nitrogens with zero attached hydrogens (tertiary/aromatic N) is 4. The number of nitrogens with one attached hydrogen (secondary N) is 2. The molecule has 1 aliphatic carbocycles. The van der Waals surface area contributed by atoms with Crippen molar-refractivity contribution in [1.82, 2.24) is 19.5 Å². The number of anilines is 3. The number of carbonyl (C=O) groups is 1. The zero-order valence-electron chi connectivity index (χ0n) is 20.7. The van der Waals surface area contributed by atoms with E-state index in [0.29, 0.717) is 69.9 Å². The van der Waals surface area contributed by atoms with E-state index in [1.165, 1.54) is 0 Å². The van der Waals surface area contributed by atoms with E-state index in [-0.39, 0.29) is 29.3 Å². The third kappa shape index (κ3) is 5.46. The van der Waals surface area contributed by atoms with Crippen LogP contribution >= 0.6 is 34.8 Å². The highest BCUT2D eigenvalue weighted by atomic mass is 35.5. The van der Waals surface area contributed by atoms with E-state index >= 15 is 0 Å². The van der Waals surface area contributed by atoms with Gasteiger partial charge in [0.25, 0.3) is 0 Å². The van der Waals surface area contributed by atoms with Gasteiger partial charge in [0.15, 0.2) is 5.65 Å². The maximum absolute atomic E-state index is 11.8. The molecule has 2 aliphatic rings. The molecule has 3 aromatic rings. The molecule has 0 unspecified atom stereocenters. The largest absolute Gasteiger partial charge is 0.381 e. The first-order valence-electron chi connectivity index (χ1n) is 12.4.